The van der Waals surface area contributed by atoms with E-state index in [1.807, 2.05) is 6.92 Å². The minimum atomic E-state index is 0.737. The van der Waals surface area contributed by atoms with E-state index >= 15 is 0 Å². The van der Waals surface area contributed by atoms with Crippen molar-refractivity contribution >= 4 is 17.3 Å². The van der Waals surface area contributed by atoms with Gasteiger partial charge in [0.25, 0.3) is 0 Å². The van der Waals surface area contributed by atoms with Crippen molar-refractivity contribution < 1.29 is 4.74 Å². The van der Waals surface area contributed by atoms with Crippen molar-refractivity contribution in [3.8, 4) is 0 Å². The minimum absolute atomic E-state index is 0.737. The van der Waals surface area contributed by atoms with E-state index in [0.29, 0.717) is 0 Å². The van der Waals surface area contributed by atoms with Crippen LogP contribution in [0.1, 0.15) is 20.3 Å². The van der Waals surface area contributed by atoms with Gasteiger partial charge in [-0.15, -0.1) is 0 Å². The number of nitrogens with zero attached hydrogens (tertiary/aromatic N) is 1. The summed E-state index contributed by atoms with van der Waals surface area (Å²) in [5.74, 6) is 0. The molecule has 4 nitrogen and oxygen atoms in total. The minimum Gasteiger partial charge on any atom is -0.382 e. The van der Waals surface area contributed by atoms with Gasteiger partial charge in [-0.2, -0.15) is 0 Å². The largest absolute Gasteiger partial charge is 0.382 e. The molecule has 0 rings (SSSR count). The summed E-state index contributed by atoms with van der Waals surface area (Å²) < 4.78 is 5.23. The quantitative estimate of drug-likeness (QED) is 0.466. The summed E-state index contributed by atoms with van der Waals surface area (Å²) in [4.78, 5) is 2.24. The van der Waals surface area contributed by atoms with Crippen LogP contribution >= 0.6 is 12.2 Å². The van der Waals surface area contributed by atoms with Crippen molar-refractivity contribution in [1.82, 2.24) is 15.5 Å². The van der Waals surface area contributed by atoms with Crippen molar-refractivity contribution in [2.75, 3.05) is 46.4 Å². The van der Waals surface area contributed by atoms with Gasteiger partial charge in [0.1, 0.15) is 0 Å². The number of hydrogen-bond donors (Lipinski definition) is 2. The Hall–Kier alpha value is -0.390. The van der Waals surface area contributed by atoms with E-state index in [9.17, 15) is 0 Å². The van der Waals surface area contributed by atoms with E-state index in [2.05, 4.69) is 29.5 Å². The Morgan fingerprint density at radius 1 is 1.25 bits per heavy atom. The Morgan fingerprint density at radius 2 is 1.94 bits per heavy atom. The van der Waals surface area contributed by atoms with Crippen molar-refractivity contribution in [2.45, 2.75) is 20.3 Å². The summed E-state index contributed by atoms with van der Waals surface area (Å²) in [6, 6.07) is 0. The van der Waals surface area contributed by atoms with Gasteiger partial charge in [-0.05, 0) is 39.2 Å². The number of ether oxygens (including phenoxy) is 1. The lowest BCUT2D eigenvalue weighted by Crippen LogP contribution is -2.39. The SMILES string of the molecule is CCOCCCNC(=S)NCCN(C)CC. The number of thiocarbonyl (C=S) groups is 1. The second-order valence-electron chi connectivity index (χ2n) is 3.63. The lowest BCUT2D eigenvalue weighted by Gasteiger charge is -2.15. The van der Waals surface area contributed by atoms with E-state index in [1.165, 1.54) is 0 Å². The molecule has 0 radical (unpaired) electrons. The van der Waals surface area contributed by atoms with E-state index in [-0.39, 0.29) is 0 Å². The summed E-state index contributed by atoms with van der Waals surface area (Å²) in [6.07, 6.45) is 0.991. The van der Waals surface area contributed by atoms with Crippen molar-refractivity contribution in [3.05, 3.63) is 0 Å². The fraction of sp³-hybridized carbons (Fsp3) is 0.909. The van der Waals surface area contributed by atoms with E-state index in [4.69, 9.17) is 17.0 Å². The maximum absolute atomic E-state index is 5.23. The highest BCUT2D eigenvalue weighted by molar-refractivity contribution is 7.80. The third-order valence-electron chi connectivity index (χ3n) is 2.27. The normalized spacial score (nSPS) is 10.5. The first kappa shape index (κ1) is 15.6. The van der Waals surface area contributed by atoms with Crippen LogP contribution in [-0.4, -0.2) is 56.5 Å². The molecular formula is C11H25N3OS. The Bertz CT molecular complexity index is 179. The Labute approximate surface area is 105 Å². The summed E-state index contributed by atoms with van der Waals surface area (Å²) in [5.41, 5.74) is 0. The average Bonchev–Trinajstić information content (AvgIpc) is 2.28. The first-order valence-corrected chi connectivity index (χ1v) is 6.39. The fourth-order valence-electron chi connectivity index (χ4n) is 1.10. The number of likely N-dealkylation sites (N-methyl/N-ethyl adjacent to an activating group) is 1. The maximum atomic E-state index is 5.23. The third-order valence-corrected chi connectivity index (χ3v) is 2.56. The first-order chi connectivity index (χ1) is 7.70. The van der Waals surface area contributed by atoms with Gasteiger partial charge in [-0.1, -0.05) is 6.92 Å². The molecule has 2 N–H and O–H groups in total. The molecule has 0 aliphatic heterocycles. The lowest BCUT2D eigenvalue weighted by molar-refractivity contribution is 0.145. The predicted octanol–water partition coefficient (Wildman–Crippen LogP) is 0.829. The van der Waals surface area contributed by atoms with Gasteiger partial charge in [0.15, 0.2) is 5.11 Å². The van der Waals surface area contributed by atoms with Crippen LogP contribution in [0, 0.1) is 0 Å². The van der Waals surface area contributed by atoms with Crippen molar-refractivity contribution in [2.24, 2.45) is 0 Å². The summed E-state index contributed by atoms with van der Waals surface area (Å²) >= 11 is 5.14. The molecule has 0 aromatic carbocycles. The third kappa shape index (κ3) is 10.1. The van der Waals surface area contributed by atoms with E-state index in [0.717, 1.165) is 50.9 Å². The second kappa shape index (κ2) is 11.1. The number of rotatable bonds is 9. The van der Waals surface area contributed by atoms with Crippen LogP contribution in [0.15, 0.2) is 0 Å². The van der Waals surface area contributed by atoms with Gasteiger partial charge in [-0.25, -0.2) is 0 Å². The van der Waals surface area contributed by atoms with Crippen LogP contribution in [0.3, 0.4) is 0 Å². The molecular weight excluding hydrogens is 222 g/mol. The van der Waals surface area contributed by atoms with Crippen molar-refractivity contribution in [1.29, 1.82) is 0 Å². The van der Waals surface area contributed by atoms with Crippen LogP contribution in [-0.2, 0) is 4.74 Å². The molecule has 0 aliphatic rings. The molecule has 0 saturated carbocycles. The zero-order valence-corrected chi connectivity index (χ0v) is 11.5. The zero-order chi connectivity index (χ0) is 12.2. The number of nitrogens with one attached hydrogen (secondary N) is 2. The van der Waals surface area contributed by atoms with Crippen molar-refractivity contribution in [3.63, 3.8) is 0 Å². The van der Waals surface area contributed by atoms with Crippen LogP contribution in [0.2, 0.25) is 0 Å². The van der Waals surface area contributed by atoms with Gasteiger partial charge in [0, 0.05) is 32.8 Å². The van der Waals surface area contributed by atoms with E-state index in [1.54, 1.807) is 0 Å². The second-order valence-corrected chi connectivity index (χ2v) is 4.04. The molecule has 96 valence electrons. The molecule has 0 aromatic heterocycles. The summed E-state index contributed by atoms with van der Waals surface area (Å²) in [5, 5.41) is 7.07. The summed E-state index contributed by atoms with van der Waals surface area (Å²) in [7, 11) is 2.10. The molecule has 0 heterocycles. The van der Waals surface area contributed by atoms with Gasteiger partial charge in [0.05, 0.1) is 0 Å². The molecule has 0 unspecified atom stereocenters. The Kier molecular flexibility index (Phi) is 10.8. The number of hydrogen-bond acceptors (Lipinski definition) is 3. The van der Waals surface area contributed by atoms with Crippen LogP contribution < -0.4 is 10.6 Å². The highest BCUT2D eigenvalue weighted by Gasteiger charge is 1.96. The first-order valence-electron chi connectivity index (χ1n) is 5.98. The van der Waals surface area contributed by atoms with Crippen LogP contribution in [0.5, 0.6) is 0 Å². The summed E-state index contributed by atoms with van der Waals surface area (Å²) in [6.45, 7) is 9.56. The molecule has 0 spiro atoms. The van der Waals surface area contributed by atoms with Gasteiger partial charge < -0.3 is 20.3 Å². The molecule has 0 aromatic rings. The molecule has 0 atom stereocenters. The predicted molar refractivity (Wildman–Crippen MR) is 72.9 cm³/mol. The van der Waals surface area contributed by atoms with Gasteiger partial charge in [-0.3, -0.25) is 0 Å². The molecule has 0 amide bonds. The molecule has 5 heteroatoms. The topological polar surface area (TPSA) is 36.5 Å². The molecule has 0 bridgehead atoms. The monoisotopic (exact) mass is 247 g/mol. The van der Waals surface area contributed by atoms with E-state index < -0.39 is 0 Å². The van der Waals surface area contributed by atoms with Gasteiger partial charge in [0.2, 0.25) is 0 Å². The maximum Gasteiger partial charge on any atom is 0.166 e. The van der Waals surface area contributed by atoms with Crippen LogP contribution in [0.4, 0.5) is 0 Å². The zero-order valence-electron chi connectivity index (χ0n) is 10.7. The lowest BCUT2D eigenvalue weighted by atomic mass is 10.4. The fourth-order valence-corrected chi connectivity index (χ4v) is 1.31. The average molecular weight is 247 g/mol. The molecule has 0 aliphatic carbocycles. The standard InChI is InChI=1S/C11H25N3OS/c1-4-14(3)9-8-13-11(16)12-7-6-10-15-5-2/h4-10H2,1-3H3,(H2,12,13,16). The van der Waals surface area contributed by atoms with Gasteiger partial charge >= 0.3 is 0 Å². The smallest absolute Gasteiger partial charge is 0.166 e. The highest BCUT2D eigenvalue weighted by atomic mass is 32.1. The highest BCUT2D eigenvalue weighted by Crippen LogP contribution is 1.81. The Balaban J connectivity index is 3.24. The van der Waals surface area contributed by atoms with Crippen LogP contribution in [0.25, 0.3) is 0 Å². The molecule has 0 saturated heterocycles. The Morgan fingerprint density at radius 3 is 2.56 bits per heavy atom. The molecule has 0 fully saturated rings. The molecule has 16 heavy (non-hydrogen) atoms.